The lowest BCUT2D eigenvalue weighted by Gasteiger charge is -2.22. The number of halogens is 1. The Hall–Kier alpha value is -1.43. The predicted molar refractivity (Wildman–Crippen MR) is 103 cm³/mol. The molecule has 1 aromatic heterocycles. The molecule has 0 aliphatic carbocycles. The SMILES string of the molecule is O=C(/C=C\c1ccnc(Cl)c1)Oc1ccccc1C1SCCCS1. The molecule has 24 heavy (non-hydrogen) atoms. The maximum atomic E-state index is 12.1. The van der Waals surface area contributed by atoms with Crippen molar-refractivity contribution in [2.45, 2.75) is 11.0 Å². The molecule has 0 radical (unpaired) electrons. The molecule has 1 aliphatic rings. The van der Waals surface area contributed by atoms with E-state index in [1.54, 1.807) is 24.4 Å². The molecule has 3 rings (SSSR count). The predicted octanol–water partition coefficient (Wildman–Crippen LogP) is 5.22. The van der Waals surface area contributed by atoms with Crippen LogP contribution >= 0.6 is 35.1 Å². The van der Waals surface area contributed by atoms with Gasteiger partial charge in [0.05, 0.1) is 4.58 Å². The van der Waals surface area contributed by atoms with Crippen LogP contribution in [0.3, 0.4) is 0 Å². The smallest absolute Gasteiger partial charge is 0.336 e. The molecule has 1 fully saturated rings. The van der Waals surface area contributed by atoms with Gasteiger partial charge in [-0.2, -0.15) is 0 Å². The van der Waals surface area contributed by atoms with Crippen molar-refractivity contribution in [2.24, 2.45) is 0 Å². The Kier molecular flexibility index (Phi) is 6.24. The Labute approximate surface area is 154 Å². The van der Waals surface area contributed by atoms with Crippen LogP contribution in [0.25, 0.3) is 6.08 Å². The number of para-hydroxylation sites is 1. The van der Waals surface area contributed by atoms with Crippen LogP contribution in [0.2, 0.25) is 5.15 Å². The number of ether oxygens (including phenoxy) is 1. The average molecular weight is 378 g/mol. The first-order chi connectivity index (χ1) is 11.7. The molecule has 1 aliphatic heterocycles. The van der Waals surface area contributed by atoms with Crippen LogP contribution in [-0.2, 0) is 4.79 Å². The van der Waals surface area contributed by atoms with Crippen LogP contribution in [0, 0.1) is 0 Å². The molecular weight excluding hydrogens is 362 g/mol. The van der Waals surface area contributed by atoms with E-state index in [0.29, 0.717) is 15.5 Å². The molecule has 0 atom stereocenters. The van der Waals surface area contributed by atoms with E-state index in [-0.39, 0.29) is 0 Å². The Morgan fingerprint density at radius 1 is 1.25 bits per heavy atom. The normalized spacial score (nSPS) is 15.5. The highest BCUT2D eigenvalue weighted by molar-refractivity contribution is 8.16. The van der Waals surface area contributed by atoms with Gasteiger partial charge in [0.25, 0.3) is 0 Å². The lowest BCUT2D eigenvalue weighted by atomic mass is 10.2. The number of hydrogen-bond acceptors (Lipinski definition) is 5. The van der Waals surface area contributed by atoms with Gasteiger partial charge in [0.2, 0.25) is 0 Å². The summed E-state index contributed by atoms with van der Waals surface area (Å²) in [4.78, 5) is 16.0. The fraction of sp³-hybridized carbons (Fsp3) is 0.222. The van der Waals surface area contributed by atoms with Crippen LogP contribution in [0.1, 0.15) is 22.1 Å². The zero-order valence-corrected chi connectivity index (χ0v) is 15.2. The number of pyridine rings is 1. The molecule has 3 nitrogen and oxygen atoms in total. The minimum Gasteiger partial charge on any atom is -0.423 e. The topological polar surface area (TPSA) is 39.2 Å². The standard InChI is InChI=1S/C18H16ClNO2S2/c19-16-12-13(8-9-20-16)6-7-17(21)22-15-5-2-1-4-14(15)18-23-10-3-11-24-18/h1-2,4-9,12,18H,3,10-11H2/b7-6-. The van der Waals surface area contributed by atoms with Crippen LogP contribution in [0.15, 0.2) is 48.7 Å². The summed E-state index contributed by atoms with van der Waals surface area (Å²) in [6, 6.07) is 11.2. The third-order valence-electron chi connectivity index (χ3n) is 3.37. The minimum atomic E-state index is -0.402. The van der Waals surface area contributed by atoms with Crippen molar-refractivity contribution >= 4 is 47.2 Å². The summed E-state index contributed by atoms with van der Waals surface area (Å²) in [5.74, 6) is 2.51. The molecule has 2 heterocycles. The van der Waals surface area contributed by atoms with Gasteiger partial charge in [-0.1, -0.05) is 29.8 Å². The number of carbonyl (C=O) groups is 1. The van der Waals surface area contributed by atoms with Crippen molar-refractivity contribution in [3.05, 3.63) is 65.0 Å². The van der Waals surface area contributed by atoms with Crippen LogP contribution in [0.4, 0.5) is 0 Å². The second-order valence-electron chi connectivity index (χ2n) is 5.13. The summed E-state index contributed by atoms with van der Waals surface area (Å²) >= 11 is 9.63. The van der Waals surface area contributed by atoms with E-state index in [2.05, 4.69) is 4.98 Å². The molecule has 1 saturated heterocycles. The van der Waals surface area contributed by atoms with Crippen LogP contribution in [0.5, 0.6) is 5.75 Å². The van der Waals surface area contributed by atoms with Crippen molar-refractivity contribution < 1.29 is 9.53 Å². The van der Waals surface area contributed by atoms with E-state index >= 15 is 0 Å². The number of nitrogens with zero attached hydrogens (tertiary/aromatic N) is 1. The molecule has 0 spiro atoms. The third-order valence-corrected chi connectivity index (χ3v) is 6.56. The summed E-state index contributed by atoms with van der Waals surface area (Å²) in [7, 11) is 0. The quantitative estimate of drug-likeness (QED) is 0.316. The molecule has 6 heteroatoms. The Balaban J connectivity index is 1.70. The number of hydrogen-bond donors (Lipinski definition) is 0. The second kappa shape index (κ2) is 8.60. The fourth-order valence-corrected chi connectivity index (χ4v) is 5.39. The van der Waals surface area contributed by atoms with Gasteiger partial charge < -0.3 is 4.74 Å². The summed E-state index contributed by atoms with van der Waals surface area (Å²) in [5.41, 5.74) is 1.87. The van der Waals surface area contributed by atoms with E-state index in [9.17, 15) is 4.79 Å². The van der Waals surface area contributed by atoms with Crippen LogP contribution < -0.4 is 4.74 Å². The van der Waals surface area contributed by atoms with Crippen molar-refractivity contribution in [3.8, 4) is 5.75 Å². The van der Waals surface area contributed by atoms with Gasteiger partial charge in [0.1, 0.15) is 10.9 Å². The van der Waals surface area contributed by atoms with Gasteiger partial charge in [-0.15, -0.1) is 23.5 Å². The molecule has 0 amide bonds. The Bertz CT molecular complexity index is 745. The monoisotopic (exact) mass is 377 g/mol. The van der Waals surface area contributed by atoms with Crippen molar-refractivity contribution in [2.75, 3.05) is 11.5 Å². The van der Waals surface area contributed by atoms with E-state index in [1.807, 2.05) is 47.8 Å². The number of thioether (sulfide) groups is 2. The van der Waals surface area contributed by atoms with Gasteiger partial charge >= 0.3 is 5.97 Å². The molecule has 0 N–H and O–H groups in total. The number of esters is 1. The molecule has 0 bridgehead atoms. The van der Waals surface area contributed by atoms with Gasteiger partial charge in [0, 0.05) is 17.8 Å². The Morgan fingerprint density at radius 3 is 2.83 bits per heavy atom. The van der Waals surface area contributed by atoms with E-state index in [4.69, 9.17) is 16.3 Å². The maximum absolute atomic E-state index is 12.1. The molecule has 0 unspecified atom stereocenters. The van der Waals surface area contributed by atoms with Gasteiger partial charge in [0.15, 0.2) is 0 Å². The van der Waals surface area contributed by atoms with E-state index < -0.39 is 5.97 Å². The average Bonchev–Trinajstić information content (AvgIpc) is 2.61. The summed E-state index contributed by atoms with van der Waals surface area (Å²) in [5, 5.41) is 0.391. The minimum absolute atomic E-state index is 0.325. The van der Waals surface area contributed by atoms with E-state index in [1.165, 1.54) is 12.5 Å². The number of rotatable bonds is 4. The lowest BCUT2D eigenvalue weighted by Crippen LogP contribution is -2.08. The Morgan fingerprint density at radius 2 is 2.04 bits per heavy atom. The first-order valence-electron chi connectivity index (χ1n) is 7.56. The van der Waals surface area contributed by atoms with Crippen molar-refractivity contribution in [1.82, 2.24) is 4.98 Å². The first-order valence-corrected chi connectivity index (χ1v) is 10.0. The highest BCUT2D eigenvalue weighted by Crippen LogP contribution is 2.46. The largest absolute Gasteiger partial charge is 0.423 e. The first kappa shape index (κ1) is 17.4. The van der Waals surface area contributed by atoms with Gasteiger partial charge in [-0.05, 0) is 47.8 Å². The molecule has 124 valence electrons. The van der Waals surface area contributed by atoms with Crippen LogP contribution in [-0.4, -0.2) is 22.5 Å². The molecule has 0 saturated carbocycles. The number of carbonyl (C=O) groups excluding carboxylic acids is 1. The summed E-state index contributed by atoms with van der Waals surface area (Å²) in [6.45, 7) is 0. The van der Waals surface area contributed by atoms with Crippen molar-refractivity contribution in [3.63, 3.8) is 0 Å². The molecule has 1 aromatic carbocycles. The number of benzene rings is 1. The molecule has 2 aromatic rings. The highest BCUT2D eigenvalue weighted by Gasteiger charge is 2.20. The molecular formula is C18H16ClNO2S2. The maximum Gasteiger partial charge on any atom is 0.336 e. The number of aromatic nitrogens is 1. The third kappa shape index (κ3) is 4.79. The zero-order valence-electron chi connectivity index (χ0n) is 12.9. The lowest BCUT2D eigenvalue weighted by molar-refractivity contribution is -0.128. The van der Waals surface area contributed by atoms with Crippen molar-refractivity contribution in [1.29, 1.82) is 0 Å². The fourth-order valence-electron chi connectivity index (χ4n) is 2.26. The second-order valence-corrected chi connectivity index (χ2v) is 8.24. The summed E-state index contributed by atoms with van der Waals surface area (Å²) in [6.07, 6.45) is 5.90. The zero-order chi connectivity index (χ0) is 16.8. The van der Waals surface area contributed by atoms with E-state index in [0.717, 1.165) is 22.6 Å². The summed E-state index contributed by atoms with van der Waals surface area (Å²) < 4.78 is 5.87. The van der Waals surface area contributed by atoms with Gasteiger partial charge in [-0.25, -0.2) is 9.78 Å². The van der Waals surface area contributed by atoms with Gasteiger partial charge in [-0.3, -0.25) is 0 Å². The highest BCUT2D eigenvalue weighted by atomic mass is 35.5.